The van der Waals surface area contributed by atoms with Crippen molar-refractivity contribution in [3.63, 3.8) is 0 Å². The van der Waals surface area contributed by atoms with E-state index < -0.39 is 53.3 Å². The van der Waals surface area contributed by atoms with Gasteiger partial charge in [0, 0.05) is 36.3 Å². The van der Waals surface area contributed by atoms with E-state index in [-0.39, 0.29) is 35.7 Å². The molecule has 1 N–H and O–H groups in total. The van der Waals surface area contributed by atoms with Crippen LogP contribution in [0.15, 0.2) is 23.8 Å². The minimum atomic E-state index is -0.745. The maximum absolute atomic E-state index is 12.8. The second-order valence-corrected chi connectivity index (χ2v) is 9.38. The van der Waals surface area contributed by atoms with E-state index in [1.807, 2.05) is 6.92 Å². The number of esters is 3. The molecular formula is C22H26O9. The first-order valence-electron chi connectivity index (χ1n) is 10.5. The van der Waals surface area contributed by atoms with Gasteiger partial charge in [0.15, 0.2) is 0 Å². The molecule has 9 nitrogen and oxygen atoms in total. The smallest absolute Gasteiger partial charge is 0.334 e. The summed E-state index contributed by atoms with van der Waals surface area (Å²) in [5.74, 6) is -2.68. The molecule has 0 aromatic carbocycles. The molecule has 5 fully saturated rings. The van der Waals surface area contributed by atoms with Gasteiger partial charge in [0.2, 0.25) is 0 Å². The van der Waals surface area contributed by atoms with Gasteiger partial charge in [0.25, 0.3) is 0 Å². The molecule has 0 unspecified atom stereocenters. The fourth-order valence-electron chi connectivity index (χ4n) is 5.90. The maximum atomic E-state index is 12.8. The SMILES string of the molecule is C=C1C(=O)O[C@H]2[C@H]1[C@H](OC(=O)/C(C)=C/COC(C)=O)C[C@]1(CO1)[C@@H]1[C@H](O)[C@H]3O[C@@]3(C)[C@H]21. The third-order valence-corrected chi connectivity index (χ3v) is 7.56. The van der Waals surface area contributed by atoms with Crippen LogP contribution >= 0.6 is 0 Å². The predicted octanol–water partition coefficient (Wildman–Crippen LogP) is 0.442. The summed E-state index contributed by atoms with van der Waals surface area (Å²) < 4.78 is 28.1. The molecule has 5 rings (SSSR count). The molecule has 9 atom stereocenters. The van der Waals surface area contributed by atoms with Crippen LogP contribution in [0.5, 0.6) is 0 Å². The van der Waals surface area contributed by atoms with E-state index in [1.54, 1.807) is 6.92 Å². The minimum absolute atomic E-state index is 0.0399. The number of hydrogen-bond acceptors (Lipinski definition) is 9. The summed E-state index contributed by atoms with van der Waals surface area (Å²) in [5.41, 5.74) is -0.735. The van der Waals surface area contributed by atoms with Crippen LogP contribution in [0.4, 0.5) is 0 Å². The Bertz CT molecular complexity index is 903. The van der Waals surface area contributed by atoms with E-state index in [1.165, 1.54) is 13.0 Å². The van der Waals surface area contributed by atoms with Gasteiger partial charge in [0.05, 0.1) is 18.6 Å². The van der Waals surface area contributed by atoms with Crippen molar-refractivity contribution < 1.29 is 43.2 Å². The fourth-order valence-corrected chi connectivity index (χ4v) is 5.90. The van der Waals surface area contributed by atoms with E-state index in [2.05, 4.69) is 6.58 Å². The fraction of sp³-hybridized carbons (Fsp3) is 0.682. The van der Waals surface area contributed by atoms with Crippen molar-refractivity contribution >= 4 is 17.9 Å². The normalized spacial score (nSPS) is 47.1. The van der Waals surface area contributed by atoms with Crippen molar-refractivity contribution in [2.45, 2.75) is 62.8 Å². The van der Waals surface area contributed by atoms with Crippen molar-refractivity contribution in [3.05, 3.63) is 23.8 Å². The Balaban J connectivity index is 1.44. The standard InChI is InChI=1S/C22H26O9/c1-9(5-6-27-11(3)23)19(25)29-12-7-22(8-28-22)14-15(21(4)18(31-21)16(14)24)17-13(12)10(2)20(26)30-17/h5,12-18,24H,2,6-8H2,1,3-4H3/b9-5+/t12-,13-,14+,15+,16+,17+,18-,21+,22+/m1/s1. The number of aliphatic hydroxyl groups excluding tert-OH is 1. The summed E-state index contributed by atoms with van der Waals surface area (Å²) in [7, 11) is 0. The second kappa shape index (κ2) is 6.63. The lowest BCUT2D eigenvalue weighted by Gasteiger charge is -2.33. The molecule has 2 saturated carbocycles. The minimum Gasteiger partial charge on any atom is -0.462 e. The zero-order valence-electron chi connectivity index (χ0n) is 17.7. The number of ether oxygens (including phenoxy) is 5. The molecule has 3 aliphatic heterocycles. The monoisotopic (exact) mass is 434 g/mol. The third-order valence-electron chi connectivity index (χ3n) is 7.56. The zero-order chi connectivity index (χ0) is 22.3. The van der Waals surface area contributed by atoms with E-state index in [4.69, 9.17) is 23.7 Å². The van der Waals surface area contributed by atoms with Gasteiger partial charge >= 0.3 is 17.9 Å². The molecule has 31 heavy (non-hydrogen) atoms. The molecule has 2 aliphatic carbocycles. The highest BCUT2D eigenvalue weighted by Gasteiger charge is 2.81. The highest BCUT2D eigenvalue weighted by molar-refractivity contribution is 5.92. The Morgan fingerprint density at radius 1 is 1.32 bits per heavy atom. The summed E-state index contributed by atoms with van der Waals surface area (Å²) in [6.45, 7) is 9.07. The second-order valence-electron chi connectivity index (χ2n) is 9.38. The Hall–Kier alpha value is -2.23. The van der Waals surface area contributed by atoms with E-state index in [0.29, 0.717) is 13.0 Å². The zero-order valence-corrected chi connectivity index (χ0v) is 17.7. The Kier molecular flexibility index (Phi) is 4.42. The van der Waals surface area contributed by atoms with Gasteiger partial charge < -0.3 is 28.8 Å². The van der Waals surface area contributed by atoms with Gasteiger partial charge in [-0.25, -0.2) is 9.59 Å². The molecule has 0 bridgehead atoms. The number of carbonyl (C=O) groups excluding carboxylic acids is 3. The molecule has 0 aromatic heterocycles. The van der Waals surface area contributed by atoms with Crippen molar-refractivity contribution in [1.29, 1.82) is 0 Å². The first kappa shape index (κ1) is 20.7. The Labute approximate surface area is 179 Å². The van der Waals surface area contributed by atoms with Gasteiger partial charge in [-0.15, -0.1) is 0 Å². The maximum Gasteiger partial charge on any atom is 0.334 e. The van der Waals surface area contributed by atoms with Gasteiger partial charge in [-0.1, -0.05) is 6.58 Å². The lowest BCUT2D eigenvalue weighted by Crippen LogP contribution is -2.44. The van der Waals surface area contributed by atoms with E-state index >= 15 is 0 Å². The summed E-state index contributed by atoms with van der Waals surface area (Å²) >= 11 is 0. The molecular weight excluding hydrogens is 408 g/mol. The predicted molar refractivity (Wildman–Crippen MR) is 102 cm³/mol. The average Bonchev–Trinajstić information content (AvgIpc) is 3.57. The van der Waals surface area contributed by atoms with Gasteiger partial charge in [0.1, 0.15) is 36.1 Å². The van der Waals surface area contributed by atoms with Crippen LogP contribution in [0, 0.1) is 17.8 Å². The van der Waals surface area contributed by atoms with Crippen LogP contribution in [0.1, 0.15) is 27.2 Å². The highest BCUT2D eigenvalue weighted by Crippen LogP contribution is 2.67. The van der Waals surface area contributed by atoms with Crippen molar-refractivity contribution in [1.82, 2.24) is 0 Å². The first-order chi connectivity index (χ1) is 14.6. The number of epoxide rings is 2. The van der Waals surface area contributed by atoms with E-state index in [0.717, 1.165) is 0 Å². The molecule has 9 heteroatoms. The number of fused-ring (bicyclic) bond motifs is 6. The molecule has 0 aromatic rings. The van der Waals surface area contributed by atoms with Crippen molar-refractivity contribution in [2.75, 3.05) is 13.2 Å². The van der Waals surface area contributed by atoms with Crippen LogP contribution in [0.25, 0.3) is 0 Å². The third kappa shape index (κ3) is 2.97. The largest absolute Gasteiger partial charge is 0.462 e. The number of rotatable bonds is 4. The number of aliphatic hydroxyl groups is 1. The van der Waals surface area contributed by atoms with Gasteiger partial charge in [-0.2, -0.15) is 0 Å². The average molecular weight is 434 g/mol. The molecule has 0 radical (unpaired) electrons. The van der Waals surface area contributed by atoms with Crippen LogP contribution < -0.4 is 0 Å². The topological polar surface area (TPSA) is 124 Å². The Morgan fingerprint density at radius 2 is 2.03 bits per heavy atom. The molecule has 3 saturated heterocycles. The van der Waals surface area contributed by atoms with Gasteiger partial charge in [-0.05, 0) is 19.9 Å². The van der Waals surface area contributed by atoms with Crippen LogP contribution in [0.2, 0.25) is 0 Å². The molecule has 0 amide bonds. The summed E-state index contributed by atoms with van der Waals surface area (Å²) in [6.07, 6.45) is -0.603. The molecule has 1 spiro atoms. The van der Waals surface area contributed by atoms with E-state index in [9.17, 15) is 19.5 Å². The lowest BCUT2D eigenvalue weighted by molar-refractivity contribution is -0.150. The summed E-state index contributed by atoms with van der Waals surface area (Å²) in [4.78, 5) is 36.1. The Morgan fingerprint density at radius 3 is 2.68 bits per heavy atom. The lowest BCUT2D eigenvalue weighted by atomic mass is 9.76. The molecule has 168 valence electrons. The number of carbonyl (C=O) groups is 3. The summed E-state index contributed by atoms with van der Waals surface area (Å²) in [6, 6.07) is 0. The van der Waals surface area contributed by atoms with Crippen LogP contribution in [-0.4, -0.2) is 71.8 Å². The molecule has 3 heterocycles. The summed E-state index contributed by atoms with van der Waals surface area (Å²) in [5, 5.41) is 10.9. The molecule has 5 aliphatic rings. The van der Waals surface area contributed by atoms with Crippen LogP contribution in [0.3, 0.4) is 0 Å². The first-order valence-corrected chi connectivity index (χ1v) is 10.5. The van der Waals surface area contributed by atoms with Crippen molar-refractivity contribution in [3.8, 4) is 0 Å². The highest BCUT2D eigenvalue weighted by atomic mass is 16.6. The van der Waals surface area contributed by atoms with Crippen molar-refractivity contribution in [2.24, 2.45) is 17.8 Å². The van der Waals surface area contributed by atoms with Crippen LogP contribution in [-0.2, 0) is 38.1 Å². The quantitative estimate of drug-likeness (QED) is 0.290. The van der Waals surface area contributed by atoms with Gasteiger partial charge in [-0.3, -0.25) is 4.79 Å². The number of hydrogen-bond donors (Lipinski definition) is 1.